The molecule has 1 aliphatic carbocycles. The Morgan fingerprint density at radius 3 is 2.68 bits per heavy atom. The maximum absolute atomic E-state index is 13.4. The fourth-order valence-corrected chi connectivity index (χ4v) is 7.45. The lowest BCUT2D eigenvalue weighted by molar-refractivity contribution is -0.935. The second kappa shape index (κ2) is 10.3. The fraction of sp³-hybridized carbons (Fsp3) is 0.424. The van der Waals surface area contributed by atoms with Gasteiger partial charge in [-0.15, -0.1) is 0 Å². The first kappa shape index (κ1) is 25.5. The Bertz CT molecular complexity index is 1280. The van der Waals surface area contributed by atoms with Gasteiger partial charge in [0.05, 0.1) is 26.2 Å². The predicted octanol–water partition coefficient (Wildman–Crippen LogP) is 6.44. The number of piperidine rings is 1. The Morgan fingerprint density at radius 2 is 1.92 bits per heavy atom. The van der Waals surface area contributed by atoms with Crippen LogP contribution in [0, 0.1) is 11.8 Å². The zero-order valence-corrected chi connectivity index (χ0v) is 22.3. The number of nitrogens with one attached hydrogen (secondary N) is 1. The molecule has 37 heavy (non-hydrogen) atoms. The lowest BCUT2D eigenvalue weighted by atomic mass is 9.57. The molecule has 4 atom stereocenters. The molecule has 2 aliphatic rings. The summed E-state index contributed by atoms with van der Waals surface area (Å²) in [5.41, 5.74) is 1.90. The van der Waals surface area contributed by atoms with E-state index in [9.17, 15) is 9.90 Å². The Hall–Kier alpha value is -3.11. The molecule has 1 saturated heterocycles. The molecule has 0 aromatic heterocycles. The molecule has 0 bridgehead atoms. The van der Waals surface area contributed by atoms with Crippen LogP contribution in [0.5, 0.6) is 5.75 Å². The molecule has 1 unspecified atom stereocenters. The first-order chi connectivity index (χ1) is 17.8. The first-order valence-electron chi connectivity index (χ1n) is 13.9. The van der Waals surface area contributed by atoms with Crippen molar-refractivity contribution in [3.63, 3.8) is 0 Å². The molecule has 1 heterocycles. The number of phenolic OH excluding ortho intramolecular Hbond substituents is 1. The molecule has 1 aliphatic heterocycles. The second-order valence-electron chi connectivity index (χ2n) is 12.0. The standard InChI is InChI=1S/C33H40N2O2/c1-4-17-35(22-24(2)3)18-16-33(28-10-7-11-31(36)20-28)21-30(15-14-29(33)23-35)34-32(37)27-13-12-25-8-5-6-9-26(25)19-27/h4-13,19-20,24,29-30H,1,14-18,21-23H2,2-3H3,(H-,34,36,37)/p+1/t29?,30-,33-,35+/m1/s1. The van der Waals surface area contributed by atoms with E-state index in [1.54, 1.807) is 6.07 Å². The lowest BCUT2D eigenvalue weighted by Gasteiger charge is -2.56. The largest absolute Gasteiger partial charge is 0.508 e. The number of benzene rings is 3. The molecule has 2 fully saturated rings. The highest BCUT2D eigenvalue weighted by atomic mass is 16.3. The molecule has 0 radical (unpaired) electrons. The van der Waals surface area contributed by atoms with Gasteiger partial charge in [0.1, 0.15) is 5.75 Å². The van der Waals surface area contributed by atoms with Crippen molar-refractivity contribution in [1.29, 1.82) is 0 Å². The highest BCUT2D eigenvalue weighted by molar-refractivity contribution is 5.98. The molecule has 4 heteroatoms. The van der Waals surface area contributed by atoms with Gasteiger partial charge in [-0.3, -0.25) is 4.79 Å². The number of aromatic hydroxyl groups is 1. The number of likely N-dealkylation sites (tertiary alicyclic amines) is 1. The van der Waals surface area contributed by atoms with E-state index in [1.807, 2.05) is 42.5 Å². The number of fused-ring (bicyclic) bond motifs is 2. The summed E-state index contributed by atoms with van der Waals surface area (Å²) in [7, 11) is 0. The van der Waals surface area contributed by atoms with E-state index < -0.39 is 0 Å². The minimum Gasteiger partial charge on any atom is -0.508 e. The smallest absolute Gasteiger partial charge is 0.251 e. The number of hydrogen-bond acceptors (Lipinski definition) is 2. The highest BCUT2D eigenvalue weighted by Gasteiger charge is 2.53. The second-order valence-corrected chi connectivity index (χ2v) is 12.0. The Balaban J connectivity index is 1.41. The zero-order chi connectivity index (χ0) is 26.0. The molecule has 1 amide bonds. The number of rotatable bonds is 7. The third-order valence-corrected chi connectivity index (χ3v) is 8.93. The van der Waals surface area contributed by atoms with Crippen molar-refractivity contribution < 1.29 is 14.4 Å². The van der Waals surface area contributed by atoms with Crippen LogP contribution in [0.15, 0.2) is 79.4 Å². The van der Waals surface area contributed by atoms with Crippen molar-refractivity contribution in [2.24, 2.45) is 11.8 Å². The van der Waals surface area contributed by atoms with E-state index in [1.165, 1.54) is 12.1 Å². The molecule has 194 valence electrons. The maximum atomic E-state index is 13.4. The SMILES string of the molecule is C=CC[N@@+]1(CC(C)C)CC[C@]2(c3cccc(O)c3)C[C@H](NC(=O)c3ccc4ccccc4c3)CCC2C1. The number of nitrogens with zero attached hydrogens (tertiary/aromatic N) is 1. The van der Waals surface area contributed by atoms with Crippen LogP contribution in [-0.2, 0) is 5.41 Å². The number of amides is 1. The molecule has 3 aromatic rings. The zero-order valence-electron chi connectivity index (χ0n) is 22.3. The van der Waals surface area contributed by atoms with E-state index >= 15 is 0 Å². The molecule has 3 aromatic carbocycles. The van der Waals surface area contributed by atoms with E-state index in [4.69, 9.17) is 0 Å². The van der Waals surface area contributed by atoms with Crippen molar-refractivity contribution in [2.75, 3.05) is 26.2 Å². The number of carbonyl (C=O) groups excluding carboxylic acids is 1. The lowest BCUT2D eigenvalue weighted by Crippen LogP contribution is -2.64. The summed E-state index contributed by atoms with van der Waals surface area (Å²) in [6.07, 6.45) is 6.13. The van der Waals surface area contributed by atoms with E-state index in [0.29, 0.717) is 17.6 Å². The molecule has 5 rings (SSSR count). The minimum absolute atomic E-state index is 0.00710. The van der Waals surface area contributed by atoms with Crippen LogP contribution in [0.3, 0.4) is 0 Å². The highest BCUT2D eigenvalue weighted by Crippen LogP contribution is 2.51. The average molecular weight is 498 g/mol. The quantitative estimate of drug-likeness (QED) is 0.291. The van der Waals surface area contributed by atoms with Gasteiger partial charge in [-0.05, 0) is 65.9 Å². The van der Waals surface area contributed by atoms with Gasteiger partial charge in [-0.1, -0.05) is 62.9 Å². The Kier molecular flexibility index (Phi) is 7.13. The summed E-state index contributed by atoms with van der Waals surface area (Å²) < 4.78 is 1.10. The van der Waals surface area contributed by atoms with Gasteiger partial charge in [0, 0.05) is 35.3 Å². The summed E-state index contributed by atoms with van der Waals surface area (Å²) in [6.45, 7) is 13.1. The van der Waals surface area contributed by atoms with Crippen molar-refractivity contribution in [2.45, 2.75) is 51.0 Å². The van der Waals surface area contributed by atoms with E-state index in [0.717, 1.165) is 66.1 Å². The van der Waals surface area contributed by atoms with Crippen LogP contribution in [0.25, 0.3) is 10.8 Å². The molecule has 4 nitrogen and oxygen atoms in total. The van der Waals surface area contributed by atoms with Crippen molar-refractivity contribution >= 4 is 16.7 Å². The van der Waals surface area contributed by atoms with Crippen molar-refractivity contribution in [3.05, 3.63) is 90.5 Å². The molecule has 1 saturated carbocycles. The van der Waals surface area contributed by atoms with Gasteiger partial charge in [0.25, 0.3) is 5.91 Å². The van der Waals surface area contributed by atoms with Crippen LogP contribution in [0.2, 0.25) is 0 Å². The van der Waals surface area contributed by atoms with Gasteiger partial charge in [0.15, 0.2) is 0 Å². The average Bonchev–Trinajstić information content (AvgIpc) is 2.88. The van der Waals surface area contributed by atoms with Gasteiger partial charge in [0.2, 0.25) is 0 Å². The predicted molar refractivity (Wildman–Crippen MR) is 152 cm³/mol. The van der Waals surface area contributed by atoms with Crippen LogP contribution < -0.4 is 5.32 Å². The van der Waals surface area contributed by atoms with E-state index in [-0.39, 0.29) is 17.4 Å². The summed E-state index contributed by atoms with van der Waals surface area (Å²) in [6, 6.07) is 22.1. The molecular formula is C33H41N2O2+. The minimum atomic E-state index is -0.0434. The molecular weight excluding hydrogens is 456 g/mol. The van der Waals surface area contributed by atoms with Crippen molar-refractivity contribution in [1.82, 2.24) is 5.32 Å². The van der Waals surface area contributed by atoms with Gasteiger partial charge >= 0.3 is 0 Å². The van der Waals surface area contributed by atoms with Gasteiger partial charge in [-0.2, -0.15) is 0 Å². The van der Waals surface area contributed by atoms with Crippen LogP contribution in [0.1, 0.15) is 55.5 Å². The number of phenols is 1. The summed E-state index contributed by atoms with van der Waals surface area (Å²) in [5.74, 6) is 1.47. The number of carbonyl (C=O) groups is 1. The fourth-order valence-electron chi connectivity index (χ4n) is 7.45. The normalized spacial score (nSPS) is 27.5. The summed E-state index contributed by atoms with van der Waals surface area (Å²) in [5, 5.41) is 16.0. The monoisotopic (exact) mass is 497 g/mol. The van der Waals surface area contributed by atoms with Crippen LogP contribution in [0.4, 0.5) is 0 Å². The third-order valence-electron chi connectivity index (χ3n) is 8.93. The van der Waals surface area contributed by atoms with Crippen LogP contribution in [-0.4, -0.2) is 47.7 Å². The summed E-state index contributed by atoms with van der Waals surface area (Å²) >= 11 is 0. The Labute approximate surface area is 221 Å². The summed E-state index contributed by atoms with van der Waals surface area (Å²) in [4.78, 5) is 13.4. The molecule has 0 spiro atoms. The van der Waals surface area contributed by atoms with Gasteiger partial charge < -0.3 is 14.9 Å². The third kappa shape index (κ3) is 5.17. The topological polar surface area (TPSA) is 49.3 Å². The Morgan fingerprint density at radius 1 is 1.11 bits per heavy atom. The number of quaternary nitrogens is 1. The van der Waals surface area contributed by atoms with Crippen LogP contribution >= 0.6 is 0 Å². The first-order valence-corrected chi connectivity index (χ1v) is 13.9. The maximum Gasteiger partial charge on any atom is 0.251 e. The van der Waals surface area contributed by atoms with Crippen molar-refractivity contribution in [3.8, 4) is 5.75 Å². The molecule has 2 N–H and O–H groups in total. The van der Waals surface area contributed by atoms with E-state index in [2.05, 4.69) is 50.0 Å². The van der Waals surface area contributed by atoms with Gasteiger partial charge in [-0.25, -0.2) is 0 Å². The number of hydrogen-bond donors (Lipinski definition) is 2.